The molecule has 0 spiro atoms. The number of phosphoric ester groups is 1. The van der Waals surface area contributed by atoms with Gasteiger partial charge in [-0.1, -0.05) is 0 Å². The number of nitrogens with zero attached hydrogens (tertiary/aromatic N) is 1. The largest absolute Gasteiger partial charge is 1.00 e. The number of aliphatic hydroxyl groups excluding tert-OH is 7. The maximum atomic E-state index is 11.7. The fourth-order valence-corrected chi connectivity index (χ4v) is 4.19. The van der Waals surface area contributed by atoms with E-state index in [1.165, 1.54) is 0 Å². The number of H-pyrrole nitrogens is 1. The predicted molar refractivity (Wildman–Crippen MR) is 109 cm³/mol. The summed E-state index contributed by atoms with van der Waals surface area (Å²) in [6, 6.07) is 0.945. The summed E-state index contributed by atoms with van der Waals surface area (Å²) in [5, 5.41) is 63.3. The molecule has 6 unspecified atom stereocenters. The van der Waals surface area contributed by atoms with E-state index >= 15 is 0 Å². The zero-order valence-corrected chi connectivity index (χ0v) is 26.1. The summed E-state index contributed by atoms with van der Waals surface area (Å²) in [5.74, 6) is 0. The van der Waals surface area contributed by atoms with Crippen molar-refractivity contribution in [2.75, 3.05) is 13.2 Å². The van der Waals surface area contributed by atoms with Crippen LogP contribution in [-0.2, 0) is 27.5 Å². The van der Waals surface area contributed by atoms with Crippen LogP contribution in [0, 0.1) is 0 Å². The first-order valence-electron chi connectivity index (χ1n) is 9.76. The van der Waals surface area contributed by atoms with Gasteiger partial charge in [0.25, 0.3) is 21.2 Å². The Hall–Kier alpha value is 0.290. The molecule has 0 aromatic carbocycles. The van der Waals surface area contributed by atoms with Gasteiger partial charge in [-0.25, -0.2) is 9.11 Å². The number of carbonyl (C=O) groups excluding carboxylic acids is 1. The van der Waals surface area contributed by atoms with Crippen LogP contribution in [0.15, 0.2) is 21.9 Å². The molecule has 0 amide bonds. The van der Waals surface area contributed by atoms with E-state index in [1.807, 2.05) is 4.98 Å². The van der Waals surface area contributed by atoms with Crippen molar-refractivity contribution < 1.29 is 137 Å². The molecule has 10 atom stereocenters. The van der Waals surface area contributed by atoms with Gasteiger partial charge in [-0.15, -0.1) is 0 Å². The normalized spacial score (nSPS) is 26.6. The van der Waals surface area contributed by atoms with Crippen molar-refractivity contribution in [1.82, 2.24) is 9.55 Å². The minimum Gasteiger partial charge on any atom is -0.756 e. The summed E-state index contributed by atoms with van der Waals surface area (Å²) in [4.78, 5) is 64.3. The zero-order valence-electron chi connectivity index (χ0n) is 20.3. The van der Waals surface area contributed by atoms with E-state index in [9.17, 15) is 43.5 Å². The van der Waals surface area contributed by atoms with Gasteiger partial charge in [-0.2, -0.15) is 0 Å². The first kappa shape index (κ1) is 41.4. The van der Waals surface area contributed by atoms with Crippen molar-refractivity contribution in [1.29, 1.82) is 0 Å². The Bertz CT molecular complexity index is 1100. The summed E-state index contributed by atoms with van der Waals surface area (Å²) in [6.07, 6.45) is -12.3. The molecule has 0 bridgehead atoms. The molecular weight excluding hydrogens is 604 g/mol. The molecule has 0 radical (unpaired) electrons. The molecule has 0 aliphatic carbocycles. The number of phosphoric acid groups is 2. The smallest absolute Gasteiger partial charge is 0.756 e. The molecule has 2 rings (SSSR count). The first-order valence-corrected chi connectivity index (χ1v) is 12.7. The van der Waals surface area contributed by atoms with Crippen LogP contribution in [0.25, 0.3) is 0 Å². The molecule has 1 aliphatic rings. The van der Waals surface area contributed by atoms with Gasteiger partial charge in [0, 0.05) is 12.3 Å². The minimum absolute atomic E-state index is 0. The Morgan fingerprint density at radius 3 is 2.13 bits per heavy atom. The van der Waals surface area contributed by atoms with E-state index in [0.717, 1.165) is 16.8 Å². The van der Waals surface area contributed by atoms with Crippen molar-refractivity contribution in [3.05, 3.63) is 33.1 Å². The molecular formula is C15H24N2Na2O18P2. The number of carbonyl (C=O) groups is 1. The van der Waals surface area contributed by atoms with Gasteiger partial charge in [0.15, 0.2) is 12.5 Å². The summed E-state index contributed by atoms with van der Waals surface area (Å²) < 4.78 is 34.9. The number of aromatic nitrogens is 2. The Kier molecular flexibility index (Phi) is 19.2. The summed E-state index contributed by atoms with van der Waals surface area (Å²) in [6.45, 7) is -1.75. The number of aromatic amines is 1. The van der Waals surface area contributed by atoms with Gasteiger partial charge in [0.2, 0.25) is 0 Å². The maximum Gasteiger partial charge on any atom is 1.00 e. The van der Waals surface area contributed by atoms with Gasteiger partial charge in [-0.3, -0.25) is 23.5 Å². The molecule has 214 valence electrons. The number of rotatable bonds is 11. The molecule has 1 aromatic rings. The van der Waals surface area contributed by atoms with Gasteiger partial charge in [0.05, 0.1) is 13.2 Å². The van der Waals surface area contributed by atoms with Gasteiger partial charge in [0.1, 0.15) is 42.7 Å². The predicted octanol–water partition coefficient (Wildman–Crippen LogP) is -13.3. The third-order valence-electron chi connectivity index (χ3n) is 4.48. The number of aldehydes is 1. The topological polar surface area (TPSA) is 342 Å². The standard InChI is InChI=1S/C9H14N2O12P2.C6H12O6.2Na/c12-5-1-2-11(9(15)10-5)8-7(14)6(13)4(22-8)3-21-25(19,20)23-24(16,17)18;7-1-3(9)5(11)6(12)4(10)2-8;;/h1-2,4,6-8,13-14H,3H2,(H,19,20)(H,10,12,15)(H2,16,17,18);1,3-6,8-12H,2H2;;/q;;2*+1/p-2/t4-,6-,7-,8-;;;/m1.../s1. The average molecular weight is 628 g/mol. The van der Waals surface area contributed by atoms with Crippen LogP contribution in [0.4, 0.5) is 0 Å². The average Bonchev–Trinajstić information content (AvgIpc) is 3.08. The molecule has 39 heavy (non-hydrogen) atoms. The molecule has 9 N–H and O–H groups in total. The molecule has 1 aromatic heterocycles. The fraction of sp³-hybridized carbons (Fsp3) is 0.667. The zero-order chi connectivity index (χ0) is 28.7. The van der Waals surface area contributed by atoms with Crippen molar-refractivity contribution >= 4 is 21.9 Å². The molecule has 1 fully saturated rings. The number of ether oxygens (including phenoxy) is 1. The molecule has 2 heterocycles. The van der Waals surface area contributed by atoms with E-state index in [-0.39, 0.29) is 65.4 Å². The van der Waals surface area contributed by atoms with E-state index in [2.05, 4.69) is 8.83 Å². The SMILES string of the molecule is O=CC(O)C(O)C(O)C(O)CO.O=c1ccn([C@@H]2O[C@H](COP(=O)([O-])OP(=O)([O-])O)[C@@H](O)[C@H]2O)c(=O)[nH]1.[Na+].[Na+]. The van der Waals surface area contributed by atoms with Crippen molar-refractivity contribution in [2.45, 2.75) is 49.0 Å². The molecule has 1 saturated heterocycles. The second-order valence-electron chi connectivity index (χ2n) is 7.21. The van der Waals surface area contributed by atoms with E-state index in [1.54, 1.807) is 0 Å². The number of nitrogens with one attached hydrogen (secondary N) is 1. The summed E-state index contributed by atoms with van der Waals surface area (Å²) >= 11 is 0. The van der Waals surface area contributed by atoms with Crippen molar-refractivity contribution in [3.8, 4) is 0 Å². The minimum atomic E-state index is -5.63. The van der Waals surface area contributed by atoms with Crippen LogP contribution in [0.3, 0.4) is 0 Å². The first-order chi connectivity index (χ1) is 16.9. The summed E-state index contributed by atoms with van der Waals surface area (Å²) in [5.41, 5.74) is -1.68. The van der Waals surface area contributed by atoms with Gasteiger partial charge >= 0.3 is 64.8 Å². The van der Waals surface area contributed by atoms with E-state index < -0.39 is 89.1 Å². The van der Waals surface area contributed by atoms with Crippen LogP contribution < -0.4 is 80.2 Å². The fourth-order valence-electron chi connectivity index (χ4n) is 2.66. The number of hydrogen-bond acceptors (Lipinski definition) is 17. The monoisotopic (exact) mass is 628 g/mol. The quantitative estimate of drug-likeness (QED) is 0.0624. The van der Waals surface area contributed by atoms with Gasteiger partial charge in [-0.05, 0) is 0 Å². The Morgan fingerprint density at radius 2 is 1.67 bits per heavy atom. The van der Waals surface area contributed by atoms with E-state index in [0.29, 0.717) is 0 Å². The van der Waals surface area contributed by atoms with Crippen LogP contribution in [0.5, 0.6) is 0 Å². The Balaban J connectivity index is 0. The third-order valence-corrected chi connectivity index (χ3v) is 6.57. The van der Waals surface area contributed by atoms with Crippen molar-refractivity contribution in [2.24, 2.45) is 0 Å². The Labute approximate surface area is 262 Å². The van der Waals surface area contributed by atoms with Crippen molar-refractivity contribution in [3.63, 3.8) is 0 Å². The molecule has 1 aliphatic heterocycles. The van der Waals surface area contributed by atoms with Crippen LogP contribution in [0.2, 0.25) is 0 Å². The molecule has 20 nitrogen and oxygen atoms in total. The van der Waals surface area contributed by atoms with Gasteiger partial charge < -0.3 is 64.5 Å². The van der Waals surface area contributed by atoms with Crippen LogP contribution in [0.1, 0.15) is 6.23 Å². The molecule has 0 saturated carbocycles. The Morgan fingerprint density at radius 1 is 1.10 bits per heavy atom. The second kappa shape index (κ2) is 18.1. The number of hydrogen-bond donors (Lipinski definition) is 9. The van der Waals surface area contributed by atoms with Crippen LogP contribution >= 0.6 is 15.6 Å². The van der Waals surface area contributed by atoms with Crippen LogP contribution in [-0.4, -0.2) is 112 Å². The van der Waals surface area contributed by atoms with E-state index in [4.69, 9.17) is 35.2 Å². The second-order valence-corrected chi connectivity index (χ2v) is 9.96. The molecule has 24 heteroatoms. The number of aliphatic hydroxyl groups is 7. The maximum absolute atomic E-state index is 11.7. The third kappa shape index (κ3) is 13.4. The summed E-state index contributed by atoms with van der Waals surface area (Å²) in [7, 11) is -11.1.